The lowest BCUT2D eigenvalue weighted by molar-refractivity contribution is 0.121. The van der Waals surface area contributed by atoms with Gasteiger partial charge in [-0.25, -0.2) is 4.98 Å². The van der Waals surface area contributed by atoms with E-state index in [0.29, 0.717) is 24.1 Å². The molecule has 3 N–H and O–H groups in total. The average molecular weight is 307 g/mol. The van der Waals surface area contributed by atoms with Crippen molar-refractivity contribution in [1.29, 1.82) is 0 Å². The molecule has 0 saturated heterocycles. The van der Waals surface area contributed by atoms with Crippen LogP contribution in [0.2, 0.25) is 5.15 Å². The highest BCUT2D eigenvalue weighted by atomic mass is 35.5. The molecule has 0 aliphatic rings. The van der Waals surface area contributed by atoms with Crippen LogP contribution in [0.5, 0.6) is 0 Å². The highest BCUT2D eigenvalue weighted by molar-refractivity contribution is 6.29. The van der Waals surface area contributed by atoms with Gasteiger partial charge in [0.15, 0.2) is 0 Å². The summed E-state index contributed by atoms with van der Waals surface area (Å²) in [5, 5.41) is 3.53. The molecule has 0 atom stereocenters. The minimum absolute atomic E-state index is 0.157. The van der Waals surface area contributed by atoms with Gasteiger partial charge in [-0.2, -0.15) is 4.98 Å². The fourth-order valence-corrected chi connectivity index (χ4v) is 2.10. The number of hydrogen-bond acceptors (Lipinski definition) is 5. The summed E-state index contributed by atoms with van der Waals surface area (Å²) in [4.78, 5) is 7.92. The Labute approximate surface area is 129 Å². The molecule has 5 nitrogen and oxygen atoms in total. The molecule has 0 amide bonds. The third-order valence-electron chi connectivity index (χ3n) is 2.90. The third-order valence-corrected chi connectivity index (χ3v) is 3.09. The Morgan fingerprint density at radius 1 is 1.24 bits per heavy atom. The molecule has 2 aromatic rings. The first-order chi connectivity index (χ1) is 10.2. The normalized spacial score (nSPS) is 10.6. The van der Waals surface area contributed by atoms with Crippen LogP contribution in [0.4, 0.5) is 11.8 Å². The van der Waals surface area contributed by atoms with E-state index in [1.54, 1.807) is 6.07 Å². The number of nitrogens with zero attached hydrogens (tertiary/aromatic N) is 2. The summed E-state index contributed by atoms with van der Waals surface area (Å²) in [6.45, 7) is 4.09. The Balaban J connectivity index is 2.02. The van der Waals surface area contributed by atoms with Crippen LogP contribution in [0, 0.1) is 0 Å². The van der Waals surface area contributed by atoms with Crippen molar-refractivity contribution in [2.75, 3.05) is 17.7 Å². The van der Waals surface area contributed by atoms with Crippen molar-refractivity contribution in [2.45, 2.75) is 26.5 Å². The molecule has 21 heavy (non-hydrogen) atoms. The van der Waals surface area contributed by atoms with Crippen molar-refractivity contribution in [3.63, 3.8) is 0 Å². The second-order valence-electron chi connectivity index (χ2n) is 4.61. The number of anilines is 2. The van der Waals surface area contributed by atoms with Crippen LogP contribution in [-0.2, 0) is 17.9 Å². The number of aromatic nitrogens is 2. The number of rotatable bonds is 7. The second-order valence-corrected chi connectivity index (χ2v) is 5.00. The highest BCUT2D eigenvalue weighted by Gasteiger charge is 2.04. The van der Waals surface area contributed by atoms with Gasteiger partial charge in [0.25, 0.3) is 0 Å². The summed E-state index contributed by atoms with van der Waals surface area (Å²) < 4.78 is 5.61. The zero-order chi connectivity index (χ0) is 15.1. The Bertz CT molecular complexity index is 571. The minimum Gasteiger partial charge on any atom is -0.377 e. The van der Waals surface area contributed by atoms with Crippen molar-refractivity contribution in [3.8, 4) is 0 Å². The first-order valence-corrected chi connectivity index (χ1v) is 7.25. The maximum Gasteiger partial charge on any atom is 0.223 e. The molecule has 0 radical (unpaired) electrons. The van der Waals surface area contributed by atoms with E-state index in [4.69, 9.17) is 22.1 Å². The highest BCUT2D eigenvalue weighted by Crippen LogP contribution is 2.16. The van der Waals surface area contributed by atoms with Crippen molar-refractivity contribution in [2.24, 2.45) is 0 Å². The Hall–Kier alpha value is -1.85. The van der Waals surface area contributed by atoms with Gasteiger partial charge in [-0.1, -0.05) is 42.8 Å². The summed E-state index contributed by atoms with van der Waals surface area (Å²) in [6, 6.07) is 9.78. The van der Waals surface area contributed by atoms with Crippen LogP contribution in [0.15, 0.2) is 30.3 Å². The minimum atomic E-state index is 0.157. The smallest absolute Gasteiger partial charge is 0.223 e. The lowest BCUT2D eigenvalue weighted by Crippen LogP contribution is -2.07. The van der Waals surface area contributed by atoms with Crippen molar-refractivity contribution >= 4 is 23.4 Å². The topological polar surface area (TPSA) is 73.1 Å². The summed E-state index contributed by atoms with van der Waals surface area (Å²) >= 11 is 5.86. The molecule has 6 heteroatoms. The lowest BCUT2D eigenvalue weighted by atomic mass is 10.1. The summed E-state index contributed by atoms with van der Waals surface area (Å²) in [5.74, 6) is 0.765. The fraction of sp³-hybridized carbons (Fsp3) is 0.333. The first kappa shape index (κ1) is 15.5. The molecular weight excluding hydrogens is 288 g/mol. The number of nitrogens with one attached hydrogen (secondary N) is 1. The van der Waals surface area contributed by atoms with E-state index in [1.807, 2.05) is 12.1 Å². The van der Waals surface area contributed by atoms with Crippen LogP contribution in [-0.4, -0.2) is 16.6 Å². The maximum absolute atomic E-state index is 5.86. The monoisotopic (exact) mass is 306 g/mol. The van der Waals surface area contributed by atoms with Gasteiger partial charge in [-0.15, -0.1) is 0 Å². The molecule has 1 heterocycles. The number of halogens is 1. The van der Waals surface area contributed by atoms with Crippen LogP contribution in [0.25, 0.3) is 0 Å². The van der Waals surface area contributed by atoms with E-state index >= 15 is 0 Å². The second kappa shape index (κ2) is 7.81. The molecule has 1 aromatic heterocycles. The zero-order valence-electron chi connectivity index (χ0n) is 12.0. The quantitative estimate of drug-likeness (QED) is 0.607. The van der Waals surface area contributed by atoms with Crippen molar-refractivity contribution < 1.29 is 4.74 Å². The molecule has 0 aliphatic heterocycles. The predicted octanol–water partition coefficient (Wildman–Crippen LogP) is 3.25. The van der Waals surface area contributed by atoms with Gasteiger partial charge >= 0.3 is 0 Å². The van der Waals surface area contributed by atoms with E-state index < -0.39 is 0 Å². The average Bonchev–Trinajstić information content (AvgIpc) is 2.45. The van der Waals surface area contributed by atoms with E-state index in [9.17, 15) is 0 Å². The standard InChI is InChI=1S/C15H19ClN4O/c1-2-7-21-10-12-6-4-3-5-11(12)9-18-14-8-13(16)19-15(17)20-14/h3-6,8H,2,7,9-10H2,1H3,(H3,17,18,19,20). The fourth-order valence-electron chi connectivity index (χ4n) is 1.91. The third kappa shape index (κ3) is 4.88. The SMILES string of the molecule is CCCOCc1ccccc1CNc1cc(Cl)nc(N)n1. The van der Waals surface area contributed by atoms with Gasteiger partial charge in [-0.05, 0) is 17.5 Å². The van der Waals surface area contributed by atoms with Gasteiger partial charge in [0, 0.05) is 19.2 Å². The number of ether oxygens (including phenoxy) is 1. The number of benzene rings is 1. The number of hydrogen-bond donors (Lipinski definition) is 2. The summed E-state index contributed by atoms with van der Waals surface area (Å²) in [5.41, 5.74) is 7.89. The van der Waals surface area contributed by atoms with E-state index in [1.165, 1.54) is 0 Å². The van der Waals surface area contributed by atoms with Gasteiger partial charge < -0.3 is 15.8 Å². The van der Waals surface area contributed by atoms with Crippen LogP contribution < -0.4 is 11.1 Å². The van der Waals surface area contributed by atoms with Crippen LogP contribution in [0.3, 0.4) is 0 Å². The summed E-state index contributed by atoms with van der Waals surface area (Å²) in [6.07, 6.45) is 1.01. The Morgan fingerprint density at radius 2 is 2.00 bits per heavy atom. The molecule has 2 rings (SSSR count). The molecule has 1 aromatic carbocycles. The van der Waals surface area contributed by atoms with Crippen molar-refractivity contribution in [1.82, 2.24) is 9.97 Å². The summed E-state index contributed by atoms with van der Waals surface area (Å²) in [7, 11) is 0. The molecular formula is C15H19ClN4O. The molecule has 0 unspecified atom stereocenters. The van der Waals surface area contributed by atoms with Crippen LogP contribution >= 0.6 is 11.6 Å². The Morgan fingerprint density at radius 3 is 2.71 bits per heavy atom. The van der Waals surface area contributed by atoms with Gasteiger partial charge in [0.1, 0.15) is 11.0 Å². The molecule has 112 valence electrons. The molecule has 0 fully saturated rings. The molecule has 0 saturated carbocycles. The lowest BCUT2D eigenvalue weighted by Gasteiger charge is -2.11. The molecule has 0 aliphatic carbocycles. The molecule has 0 bridgehead atoms. The van der Waals surface area contributed by atoms with Gasteiger partial charge in [0.05, 0.1) is 6.61 Å². The van der Waals surface area contributed by atoms with Gasteiger partial charge in [-0.3, -0.25) is 0 Å². The Kier molecular flexibility index (Phi) is 5.78. The number of nitrogen functional groups attached to an aromatic ring is 1. The van der Waals surface area contributed by atoms with Crippen LogP contribution in [0.1, 0.15) is 24.5 Å². The van der Waals surface area contributed by atoms with E-state index in [-0.39, 0.29) is 5.95 Å². The maximum atomic E-state index is 5.86. The van der Waals surface area contributed by atoms with E-state index in [0.717, 1.165) is 24.2 Å². The van der Waals surface area contributed by atoms with Crippen molar-refractivity contribution in [3.05, 3.63) is 46.6 Å². The van der Waals surface area contributed by atoms with Gasteiger partial charge in [0.2, 0.25) is 5.95 Å². The molecule has 0 spiro atoms. The predicted molar refractivity (Wildman–Crippen MR) is 85.2 cm³/mol. The zero-order valence-corrected chi connectivity index (χ0v) is 12.7. The van der Waals surface area contributed by atoms with E-state index in [2.05, 4.69) is 34.3 Å². The first-order valence-electron chi connectivity index (χ1n) is 6.87. The largest absolute Gasteiger partial charge is 0.377 e. The number of nitrogens with two attached hydrogens (primary N) is 1.